The molecule has 3 aromatic rings. The standard InChI is InChI=1S/C18H17N5O/c1-14-11-19-23(12-14)13-18(24)20-15-7-9-17(10-8-15)22-21-16-5-3-2-4-6-16/h2-12H,13H2,1H3,(H,20,24). The summed E-state index contributed by atoms with van der Waals surface area (Å²) in [6.45, 7) is 2.12. The van der Waals surface area contributed by atoms with Crippen molar-refractivity contribution in [3.8, 4) is 0 Å². The summed E-state index contributed by atoms with van der Waals surface area (Å²) >= 11 is 0. The van der Waals surface area contributed by atoms with E-state index >= 15 is 0 Å². The fourth-order valence-electron chi connectivity index (χ4n) is 2.12. The van der Waals surface area contributed by atoms with Crippen molar-refractivity contribution >= 4 is 23.0 Å². The molecule has 0 atom stereocenters. The minimum Gasteiger partial charge on any atom is -0.324 e. The topological polar surface area (TPSA) is 71.6 Å². The normalized spacial score (nSPS) is 10.9. The first-order valence-corrected chi connectivity index (χ1v) is 7.55. The van der Waals surface area contributed by atoms with Crippen LogP contribution in [0.25, 0.3) is 0 Å². The van der Waals surface area contributed by atoms with Gasteiger partial charge in [-0.3, -0.25) is 9.48 Å². The molecular formula is C18H17N5O. The monoisotopic (exact) mass is 319 g/mol. The van der Waals surface area contributed by atoms with Crippen LogP contribution in [0.5, 0.6) is 0 Å². The van der Waals surface area contributed by atoms with Crippen LogP contribution in [-0.4, -0.2) is 15.7 Å². The van der Waals surface area contributed by atoms with E-state index in [9.17, 15) is 4.79 Å². The number of benzene rings is 2. The molecule has 0 aliphatic carbocycles. The SMILES string of the molecule is Cc1cnn(CC(=O)Nc2ccc(N=Nc3ccccc3)cc2)c1. The van der Waals surface area contributed by atoms with Crippen LogP contribution in [0.1, 0.15) is 5.56 Å². The summed E-state index contributed by atoms with van der Waals surface area (Å²) in [5.41, 5.74) is 3.25. The van der Waals surface area contributed by atoms with E-state index in [1.54, 1.807) is 35.1 Å². The highest BCUT2D eigenvalue weighted by Gasteiger charge is 2.04. The Balaban J connectivity index is 1.58. The third-order valence-corrected chi connectivity index (χ3v) is 3.26. The molecule has 0 aliphatic rings. The number of carbonyl (C=O) groups excluding carboxylic acids is 1. The zero-order chi connectivity index (χ0) is 16.8. The fourth-order valence-corrected chi connectivity index (χ4v) is 2.12. The highest BCUT2D eigenvalue weighted by Crippen LogP contribution is 2.20. The number of hydrogen-bond acceptors (Lipinski definition) is 4. The van der Waals surface area contributed by atoms with Gasteiger partial charge in [-0.15, -0.1) is 0 Å². The molecule has 1 amide bonds. The van der Waals surface area contributed by atoms with Crippen LogP contribution >= 0.6 is 0 Å². The number of hydrogen-bond donors (Lipinski definition) is 1. The maximum absolute atomic E-state index is 12.0. The van der Waals surface area contributed by atoms with Crippen LogP contribution in [0.2, 0.25) is 0 Å². The number of rotatable bonds is 5. The Bertz CT molecular complexity index is 837. The molecule has 3 rings (SSSR count). The van der Waals surface area contributed by atoms with E-state index in [-0.39, 0.29) is 12.5 Å². The van der Waals surface area contributed by atoms with Gasteiger partial charge in [0.15, 0.2) is 0 Å². The lowest BCUT2D eigenvalue weighted by Gasteiger charge is -2.05. The van der Waals surface area contributed by atoms with Gasteiger partial charge < -0.3 is 5.32 Å². The summed E-state index contributed by atoms with van der Waals surface area (Å²) in [7, 11) is 0. The molecular weight excluding hydrogens is 302 g/mol. The van der Waals surface area contributed by atoms with Gasteiger partial charge in [-0.1, -0.05) is 18.2 Å². The fraction of sp³-hybridized carbons (Fsp3) is 0.111. The smallest absolute Gasteiger partial charge is 0.246 e. The van der Waals surface area contributed by atoms with Gasteiger partial charge in [0.25, 0.3) is 0 Å². The zero-order valence-corrected chi connectivity index (χ0v) is 13.3. The van der Waals surface area contributed by atoms with Gasteiger partial charge in [0, 0.05) is 11.9 Å². The van der Waals surface area contributed by atoms with Crippen molar-refractivity contribution in [2.45, 2.75) is 13.5 Å². The molecule has 0 saturated heterocycles. The number of aryl methyl sites for hydroxylation is 1. The molecule has 0 bridgehead atoms. The first-order chi connectivity index (χ1) is 11.7. The maximum atomic E-state index is 12.0. The molecule has 1 heterocycles. The van der Waals surface area contributed by atoms with Gasteiger partial charge in [0.2, 0.25) is 5.91 Å². The molecule has 0 radical (unpaired) electrons. The van der Waals surface area contributed by atoms with Crippen LogP contribution in [0.4, 0.5) is 17.1 Å². The van der Waals surface area contributed by atoms with E-state index in [2.05, 4.69) is 20.6 Å². The van der Waals surface area contributed by atoms with E-state index in [0.717, 1.165) is 16.9 Å². The quantitative estimate of drug-likeness (QED) is 0.714. The zero-order valence-electron chi connectivity index (χ0n) is 13.3. The third-order valence-electron chi connectivity index (χ3n) is 3.26. The lowest BCUT2D eigenvalue weighted by atomic mass is 10.3. The summed E-state index contributed by atoms with van der Waals surface area (Å²) < 4.78 is 1.60. The van der Waals surface area contributed by atoms with Gasteiger partial charge in [-0.2, -0.15) is 15.3 Å². The molecule has 0 unspecified atom stereocenters. The van der Waals surface area contributed by atoms with Crippen LogP contribution in [-0.2, 0) is 11.3 Å². The van der Waals surface area contributed by atoms with Crippen LogP contribution in [0.15, 0.2) is 77.2 Å². The second-order valence-corrected chi connectivity index (χ2v) is 5.35. The van der Waals surface area contributed by atoms with Crippen molar-refractivity contribution in [2.75, 3.05) is 5.32 Å². The minimum absolute atomic E-state index is 0.128. The van der Waals surface area contributed by atoms with Crippen molar-refractivity contribution < 1.29 is 4.79 Å². The molecule has 6 heteroatoms. The maximum Gasteiger partial charge on any atom is 0.246 e. The second kappa shape index (κ2) is 7.32. The van der Waals surface area contributed by atoms with E-state index in [1.807, 2.05) is 43.5 Å². The Kier molecular flexibility index (Phi) is 4.76. The molecule has 0 spiro atoms. The van der Waals surface area contributed by atoms with E-state index in [4.69, 9.17) is 0 Å². The van der Waals surface area contributed by atoms with Gasteiger partial charge >= 0.3 is 0 Å². The Morgan fingerprint density at radius 1 is 1.04 bits per heavy atom. The lowest BCUT2D eigenvalue weighted by Crippen LogP contribution is -2.18. The minimum atomic E-state index is -0.128. The number of carbonyl (C=O) groups is 1. The van der Waals surface area contributed by atoms with Crippen molar-refractivity contribution in [2.24, 2.45) is 10.2 Å². The Morgan fingerprint density at radius 2 is 1.71 bits per heavy atom. The van der Waals surface area contributed by atoms with Gasteiger partial charge in [-0.25, -0.2) is 0 Å². The molecule has 120 valence electrons. The van der Waals surface area contributed by atoms with Crippen LogP contribution < -0.4 is 5.32 Å². The number of nitrogens with zero attached hydrogens (tertiary/aromatic N) is 4. The van der Waals surface area contributed by atoms with Crippen molar-refractivity contribution in [3.05, 3.63) is 72.6 Å². The highest BCUT2D eigenvalue weighted by molar-refractivity contribution is 5.90. The molecule has 24 heavy (non-hydrogen) atoms. The second-order valence-electron chi connectivity index (χ2n) is 5.35. The first kappa shape index (κ1) is 15.6. The van der Waals surface area contributed by atoms with Gasteiger partial charge in [0.05, 0.1) is 17.6 Å². The third kappa shape index (κ3) is 4.36. The highest BCUT2D eigenvalue weighted by atomic mass is 16.2. The molecule has 0 saturated carbocycles. The van der Waals surface area contributed by atoms with Gasteiger partial charge in [0.1, 0.15) is 6.54 Å². The number of anilines is 1. The predicted octanol–water partition coefficient (Wildman–Crippen LogP) is 4.25. The summed E-state index contributed by atoms with van der Waals surface area (Å²) in [6.07, 6.45) is 3.55. The number of amides is 1. The molecule has 1 N–H and O–H groups in total. The molecule has 0 fully saturated rings. The van der Waals surface area contributed by atoms with E-state index < -0.39 is 0 Å². The largest absolute Gasteiger partial charge is 0.324 e. The summed E-state index contributed by atoms with van der Waals surface area (Å²) in [5.74, 6) is -0.128. The Labute approximate surface area is 139 Å². The molecule has 6 nitrogen and oxygen atoms in total. The van der Waals surface area contributed by atoms with Crippen molar-refractivity contribution in [1.82, 2.24) is 9.78 Å². The van der Waals surface area contributed by atoms with Gasteiger partial charge in [-0.05, 0) is 48.9 Å². The van der Waals surface area contributed by atoms with Crippen molar-refractivity contribution in [1.29, 1.82) is 0 Å². The summed E-state index contributed by atoms with van der Waals surface area (Å²) in [6, 6.07) is 16.7. The number of azo groups is 1. The van der Waals surface area contributed by atoms with E-state index in [1.165, 1.54) is 0 Å². The predicted molar refractivity (Wildman–Crippen MR) is 92.7 cm³/mol. The molecule has 2 aromatic carbocycles. The number of nitrogens with one attached hydrogen (secondary N) is 1. The Morgan fingerprint density at radius 3 is 2.33 bits per heavy atom. The number of aromatic nitrogens is 2. The average molecular weight is 319 g/mol. The van der Waals surface area contributed by atoms with Crippen LogP contribution in [0, 0.1) is 6.92 Å². The molecule has 0 aliphatic heterocycles. The van der Waals surface area contributed by atoms with Crippen molar-refractivity contribution in [3.63, 3.8) is 0 Å². The Hall–Kier alpha value is -3.28. The van der Waals surface area contributed by atoms with Crippen LogP contribution in [0.3, 0.4) is 0 Å². The molecule has 1 aromatic heterocycles. The lowest BCUT2D eigenvalue weighted by molar-refractivity contribution is -0.116. The average Bonchev–Trinajstić information content (AvgIpc) is 3.00. The van der Waals surface area contributed by atoms with E-state index in [0.29, 0.717) is 5.69 Å². The summed E-state index contributed by atoms with van der Waals surface area (Å²) in [4.78, 5) is 12.0. The first-order valence-electron chi connectivity index (χ1n) is 7.55. The summed E-state index contributed by atoms with van der Waals surface area (Å²) in [5, 5.41) is 15.2.